The highest BCUT2D eigenvalue weighted by molar-refractivity contribution is 8.53. The number of carboxylic acids is 1. The minimum atomic E-state index is -2.60. The summed E-state index contributed by atoms with van der Waals surface area (Å²) in [5.41, 5.74) is 2.51. The number of carbonyl (C=O) groups excluding carboxylic acids is 2. The highest BCUT2D eigenvalue weighted by Gasteiger charge is 2.43. The van der Waals surface area contributed by atoms with Crippen molar-refractivity contribution in [1.29, 1.82) is 0 Å². The number of aliphatic carboxylic acids is 1. The minimum absolute atomic E-state index is 0.290. The molecule has 3 rings (SSSR count). The van der Waals surface area contributed by atoms with Gasteiger partial charge in [0.25, 0.3) is 0 Å². The van der Waals surface area contributed by atoms with Crippen molar-refractivity contribution >= 4 is 50.4 Å². The van der Waals surface area contributed by atoms with Crippen LogP contribution >= 0.6 is 21.8 Å². The number of hydrogen-bond donors (Lipinski definition) is 2. The number of carbonyl (C=O) groups is 3. The van der Waals surface area contributed by atoms with Gasteiger partial charge in [-0.3, -0.25) is 9.59 Å². The Morgan fingerprint density at radius 2 is 1.94 bits per heavy atom. The van der Waals surface area contributed by atoms with E-state index < -0.39 is 28.7 Å². The largest absolute Gasteiger partial charge is 0.489 e. The molecule has 0 bridgehead atoms. The predicted molar refractivity (Wildman–Crippen MR) is 143 cm³/mol. The Morgan fingerprint density at radius 3 is 2.50 bits per heavy atom. The van der Waals surface area contributed by atoms with Crippen molar-refractivity contribution in [2.24, 2.45) is 5.41 Å². The maximum atomic E-state index is 13.8. The van der Waals surface area contributed by atoms with E-state index in [-0.39, 0.29) is 11.2 Å². The Kier molecular flexibility index (Phi) is 9.08. The summed E-state index contributed by atoms with van der Waals surface area (Å²) in [5.74, 6) is -1.13. The summed E-state index contributed by atoms with van der Waals surface area (Å²) in [7, 11) is -2.60. The van der Waals surface area contributed by atoms with Gasteiger partial charge in [-0.25, -0.2) is 9.18 Å². The zero-order valence-corrected chi connectivity index (χ0v) is 22.2. The number of ether oxygens (including phenoxy) is 1. The average Bonchev–Trinajstić information content (AvgIpc) is 2.98. The van der Waals surface area contributed by atoms with Gasteiger partial charge in [0, 0.05) is 22.9 Å². The van der Waals surface area contributed by atoms with Gasteiger partial charge in [-0.2, -0.15) is 0 Å². The second-order valence-electron chi connectivity index (χ2n) is 9.30. The fourth-order valence-corrected chi connectivity index (χ4v) is 7.89. The summed E-state index contributed by atoms with van der Waals surface area (Å²) in [5, 5.41) is 18.7. The van der Waals surface area contributed by atoms with E-state index in [9.17, 15) is 23.9 Å². The van der Waals surface area contributed by atoms with Gasteiger partial charge < -0.3 is 19.8 Å². The van der Waals surface area contributed by atoms with Crippen LogP contribution in [0.3, 0.4) is 0 Å². The van der Waals surface area contributed by atoms with Gasteiger partial charge in [-0.1, -0.05) is 36.7 Å². The van der Waals surface area contributed by atoms with Crippen molar-refractivity contribution in [3.05, 3.63) is 42.2 Å². The maximum Gasteiger partial charge on any atom is 0.336 e. The van der Waals surface area contributed by atoms with Crippen LogP contribution in [0.2, 0.25) is 0 Å². The fraction of sp³-hybridized carbons (Fsp3) is 0.423. The van der Waals surface area contributed by atoms with Crippen LogP contribution in [-0.2, 0) is 14.4 Å². The Labute approximate surface area is 216 Å². The van der Waals surface area contributed by atoms with Gasteiger partial charge >= 0.3 is 5.97 Å². The maximum absolute atomic E-state index is 13.8. The Morgan fingerprint density at radius 1 is 1.28 bits per heavy atom. The highest BCUT2D eigenvalue weighted by Crippen LogP contribution is 2.62. The number of carboxylic acid groups (broad SMARTS) is 1. The molecule has 0 spiro atoms. The van der Waals surface area contributed by atoms with Crippen molar-refractivity contribution in [1.82, 2.24) is 0 Å². The Hall–Kier alpha value is -2.56. The van der Waals surface area contributed by atoms with Crippen LogP contribution in [0.5, 0.6) is 5.75 Å². The van der Waals surface area contributed by atoms with Crippen LogP contribution in [-0.4, -0.2) is 58.7 Å². The second-order valence-corrected chi connectivity index (χ2v) is 13.0. The van der Waals surface area contributed by atoms with Crippen molar-refractivity contribution in [2.45, 2.75) is 49.0 Å². The van der Waals surface area contributed by atoms with Crippen LogP contribution < -0.4 is 9.64 Å². The summed E-state index contributed by atoms with van der Waals surface area (Å²) < 4.78 is 19.4. The Bertz CT molecular complexity index is 1100. The summed E-state index contributed by atoms with van der Waals surface area (Å²) >= 11 is 1.36. The third-order valence-corrected chi connectivity index (χ3v) is 10.1. The summed E-state index contributed by atoms with van der Waals surface area (Å²) in [6, 6.07) is 9.57. The molecular formula is C26H32FNO6S2. The molecule has 196 valence electrons. The molecule has 0 radical (unpaired) electrons. The van der Waals surface area contributed by atoms with Gasteiger partial charge in [-0.05, 0) is 54.5 Å². The van der Waals surface area contributed by atoms with Gasteiger partial charge in [0.15, 0.2) is 17.3 Å². The number of benzene rings is 2. The molecule has 0 amide bonds. The molecule has 1 heterocycles. The van der Waals surface area contributed by atoms with E-state index in [2.05, 4.69) is 13.8 Å². The average molecular weight is 538 g/mol. The third-order valence-electron chi connectivity index (χ3n) is 6.37. The number of aliphatic hydroxyl groups excluding tert-OH is 1. The number of halogens is 1. The lowest BCUT2D eigenvalue weighted by atomic mass is 9.86. The number of hydrogen-bond acceptors (Lipinski definition) is 7. The molecule has 0 saturated carbocycles. The first-order valence-corrected chi connectivity index (χ1v) is 14.8. The Balaban J connectivity index is 2.25. The molecule has 1 aliphatic rings. The standard InChI is InChI=1S/C26H32FNO6S2/c1-4-5-10-26(2)14-28(19-8-6-18(27)7-9-19)20-11-23(35-3)22(34-13-21(31)25(32)33)12-24(20)36(15-26,16-29)17-30/h6-9,11-12,16-17,21,31H,4-5,10,13-15H2,1-3H3,(H,32,33). The molecule has 7 nitrogen and oxygen atoms in total. The molecule has 2 atom stereocenters. The topological polar surface area (TPSA) is 104 Å². The number of nitrogens with zero attached hydrogens (tertiary/aromatic N) is 1. The normalized spacial score (nSPS) is 20.5. The quantitative estimate of drug-likeness (QED) is 0.295. The molecule has 2 aromatic carbocycles. The predicted octanol–water partition coefficient (Wildman–Crippen LogP) is 5.26. The first-order valence-electron chi connectivity index (χ1n) is 11.6. The molecule has 1 aliphatic heterocycles. The zero-order valence-electron chi connectivity index (χ0n) is 20.6. The third kappa shape index (κ3) is 5.87. The van der Waals surface area contributed by atoms with E-state index in [1.807, 2.05) is 17.2 Å². The smallest absolute Gasteiger partial charge is 0.336 e. The number of unbranched alkanes of at least 4 members (excludes halogenated alkanes) is 1. The lowest BCUT2D eigenvalue weighted by Crippen LogP contribution is -2.35. The number of anilines is 2. The van der Waals surface area contributed by atoms with Crippen LogP contribution in [0, 0.1) is 11.2 Å². The van der Waals surface area contributed by atoms with Crippen molar-refractivity contribution < 1.29 is 33.7 Å². The van der Waals surface area contributed by atoms with Crippen LogP contribution in [0.25, 0.3) is 0 Å². The molecule has 0 fully saturated rings. The van der Waals surface area contributed by atoms with Crippen LogP contribution in [0.1, 0.15) is 33.1 Å². The van der Waals surface area contributed by atoms with Crippen LogP contribution in [0.15, 0.2) is 46.2 Å². The van der Waals surface area contributed by atoms with Crippen molar-refractivity contribution in [3.8, 4) is 5.75 Å². The molecule has 2 N–H and O–H groups in total. The molecule has 0 saturated heterocycles. The summed E-state index contributed by atoms with van der Waals surface area (Å²) in [6.45, 7) is 4.21. The van der Waals surface area contributed by atoms with E-state index in [4.69, 9.17) is 9.84 Å². The first kappa shape index (κ1) is 28.0. The van der Waals surface area contributed by atoms with E-state index in [0.29, 0.717) is 33.5 Å². The lowest BCUT2D eigenvalue weighted by molar-refractivity contribution is -0.148. The number of aliphatic hydroxyl groups is 1. The van der Waals surface area contributed by atoms with Crippen molar-refractivity contribution in [3.63, 3.8) is 0 Å². The number of rotatable bonds is 11. The zero-order chi connectivity index (χ0) is 26.5. The van der Waals surface area contributed by atoms with Crippen molar-refractivity contribution in [2.75, 3.05) is 30.1 Å². The van der Waals surface area contributed by atoms with E-state index in [1.54, 1.807) is 18.2 Å². The summed E-state index contributed by atoms with van der Waals surface area (Å²) in [6.07, 6.45) is 2.79. The molecular weight excluding hydrogens is 505 g/mol. The fourth-order valence-electron chi connectivity index (χ4n) is 4.53. The van der Waals surface area contributed by atoms with Crippen LogP contribution in [0.4, 0.5) is 15.8 Å². The molecule has 2 aromatic rings. The van der Waals surface area contributed by atoms with Gasteiger partial charge in [-0.15, -0.1) is 11.8 Å². The minimum Gasteiger partial charge on any atom is -0.489 e. The molecule has 36 heavy (non-hydrogen) atoms. The molecule has 0 aliphatic carbocycles. The van der Waals surface area contributed by atoms with Gasteiger partial charge in [0.1, 0.15) is 18.2 Å². The highest BCUT2D eigenvalue weighted by atomic mass is 32.3. The monoisotopic (exact) mass is 537 g/mol. The summed E-state index contributed by atoms with van der Waals surface area (Å²) in [4.78, 5) is 39.6. The lowest BCUT2D eigenvalue weighted by Gasteiger charge is -2.37. The SMILES string of the molecule is CCCCC1(C)CN(c2ccc(F)cc2)c2cc(SC)c(OCC(O)C(=O)O)cc2S(C=O)(C=O)C1. The second kappa shape index (κ2) is 11.7. The molecule has 0 aromatic heterocycles. The van der Waals surface area contributed by atoms with E-state index in [1.165, 1.54) is 23.9 Å². The number of thioether (sulfide) groups is 1. The molecule has 2 unspecified atom stereocenters. The van der Waals surface area contributed by atoms with Gasteiger partial charge in [0.2, 0.25) is 0 Å². The first-order chi connectivity index (χ1) is 17.1. The van der Waals surface area contributed by atoms with E-state index >= 15 is 0 Å². The van der Waals surface area contributed by atoms with Gasteiger partial charge in [0.05, 0.1) is 10.6 Å². The van der Waals surface area contributed by atoms with E-state index in [0.717, 1.165) is 36.2 Å². The molecule has 10 heteroatoms. The number of fused-ring (bicyclic) bond motifs is 1.